The molecule has 0 aliphatic rings. The Morgan fingerprint density at radius 2 is 1.95 bits per heavy atom. The molecule has 0 atom stereocenters. The van der Waals surface area contributed by atoms with E-state index < -0.39 is 6.85 Å². The monoisotopic (exact) mass is 277 g/mol. The Morgan fingerprint density at radius 3 is 2.76 bits per heavy atom. The van der Waals surface area contributed by atoms with Crippen molar-refractivity contribution in [2.45, 2.75) is 13.8 Å². The van der Waals surface area contributed by atoms with Gasteiger partial charge in [0.05, 0.1) is 7.06 Å². The lowest BCUT2D eigenvalue weighted by Crippen LogP contribution is -1.84. The average Bonchev–Trinajstić information content (AvgIpc) is 2.97. The highest BCUT2D eigenvalue weighted by Gasteiger charge is 2.12. The van der Waals surface area contributed by atoms with E-state index in [-0.39, 0.29) is 5.56 Å². The van der Waals surface area contributed by atoms with Crippen LogP contribution in [0.3, 0.4) is 0 Å². The van der Waals surface area contributed by atoms with Crippen molar-refractivity contribution in [1.82, 2.24) is 4.98 Å². The zero-order chi connectivity index (χ0) is 17.8. The number of aryl methyl sites for hydroxylation is 2. The van der Waals surface area contributed by atoms with Gasteiger partial charge in [0.25, 0.3) is 0 Å². The third-order valence-corrected chi connectivity index (χ3v) is 3.60. The quantitative estimate of drug-likeness (QED) is 0.474. The Labute approximate surface area is 128 Å². The van der Waals surface area contributed by atoms with Gasteiger partial charge in [-0.3, -0.25) is 4.98 Å². The number of hydrogen-bond donors (Lipinski definition) is 0. The summed E-state index contributed by atoms with van der Waals surface area (Å²) in [5, 5.41) is 1.81. The van der Waals surface area contributed by atoms with Crippen LogP contribution in [0.5, 0.6) is 0 Å². The van der Waals surface area contributed by atoms with Crippen molar-refractivity contribution in [3.63, 3.8) is 0 Å². The van der Waals surface area contributed by atoms with Gasteiger partial charge in [-0.15, -0.1) is 0 Å². The molecule has 21 heavy (non-hydrogen) atoms. The predicted octanol–water partition coefficient (Wildman–Crippen LogP) is 5.26. The fraction of sp³-hybridized carbons (Fsp3) is 0.105. The second kappa shape index (κ2) is 4.45. The minimum atomic E-state index is -2.17. The number of benzene rings is 2. The Balaban J connectivity index is 1.95. The molecule has 2 heteroatoms. The molecular weight excluding hydrogens is 258 g/mol. The van der Waals surface area contributed by atoms with Crippen molar-refractivity contribution in [3.05, 3.63) is 65.8 Å². The van der Waals surface area contributed by atoms with Gasteiger partial charge in [0.1, 0.15) is 11.2 Å². The zero-order valence-corrected chi connectivity index (χ0v) is 11.5. The van der Waals surface area contributed by atoms with Crippen LogP contribution in [0.15, 0.2) is 59.1 Å². The number of rotatable bonds is 1. The van der Waals surface area contributed by atoms with E-state index in [2.05, 4.69) is 4.98 Å². The summed E-state index contributed by atoms with van der Waals surface area (Å²) in [5.74, 6) is 0. The van der Waals surface area contributed by atoms with Crippen molar-refractivity contribution in [3.8, 4) is 11.3 Å². The van der Waals surface area contributed by atoms with E-state index in [1.54, 1.807) is 12.1 Å². The standard InChI is InChI=1S/C19H15NO/c1-12-6-8-14-15-4-3-5-16(19(15)21-18(14)10-12)17-9-7-13(2)11-20-17/h3-11H,1-2H3/i2D3,10D. The Bertz CT molecular complexity index is 1090. The lowest BCUT2D eigenvalue weighted by Gasteiger charge is -2.02. The maximum absolute atomic E-state index is 8.22. The van der Waals surface area contributed by atoms with Gasteiger partial charge >= 0.3 is 0 Å². The van der Waals surface area contributed by atoms with Gasteiger partial charge in [-0.25, -0.2) is 0 Å². The second-order valence-electron chi connectivity index (χ2n) is 5.10. The summed E-state index contributed by atoms with van der Waals surface area (Å²) in [7, 11) is 0. The van der Waals surface area contributed by atoms with Gasteiger partial charge in [0, 0.05) is 26.6 Å². The first-order chi connectivity index (χ1) is 11.9. The topological polar surface area (TPSA) is 26.0 Å². The number of fused-ring (bicyclic) bond motifs is 3. The predicted molar refractivity (Wildman–Crippen MR) is 86.4 cm³/mol. The normalized spacial score (nSPS) is 14.7. The summed E-state index contributed by atoms with van der Waals surface area (Å²) in [6.07, 6.45) is 1.38. The molecule has 0 spiro atoms. The lowest BCUT2D eigenvalue weighted by molar-refractivity contribution is 0.669. The number of nitrogens with zero attached hydrogens (tertiary/aromatic N) is 1. The highest BCUT2D eigenvalue weighted by atomic mass is 16.3. The summed E-state index contributed by atoms with van der Waals surface area (Å²) >= 11 is 0. The van der Waals surface area contributed by atoms with Crippen LogP contribution >= 0.6 is 0 Å². The van der Waals surface area contributed by atoms with Crippen LogP contribution in [0.2, 0.25) is 0 Å². The van der Waals surface area contributed by atoms with Crippen molar-refractivity contribution in [1.29, 1.82) is 0 Å². The van der Waals surface area contributed by atoms with E-state index in [4.69, 9.17) is 9.90 Å². The van der Waals surface area contributed by atoms with Crippen molar-refractivity contribution in [2.75, 3.05) is 0 Å². The molecule has 2 aromatic heterocycles. The number of hydrogen-bond acceptors (Lipinski definition) is 2. The molecule has 0 amide bonds. The largest absolute Gasteiger partial charge is 0.455 e. The first-order valence-corrected chi connectivity index (χ1v) is 6.74. The highest BCUT2D eigenvalue weighted by molar-refractivity contribution is 6.09. The molecule has 4 aromatic rings. The number of aromatic nitrogens is 1. The van der Waals surface area contributed by atoms with E-state index >= 15 is 0 Å². The smallest absolute Gasteiger partial charge is 0.144 e. The molecule has 4 rings (SSSR count). The van der Waals surface area contributed by atoms with Gasteiger partial charge in [-0.1, -0.05) is 30.3 Å². The fourth-order valence-electron chi connectivity index (χ4n) is 2.58. The molecule has 0 saturated heterocycles. The van der Waals surface area contributed by atoms with E-state index in [9.17, 15) is 0 Å². The Hall–Kier alpha value is -2.61. The molecule has 2 heterocycles. The average molecular weight is 277 g/mol. The van der Waals surface area contributed by atoms with Crippen molar-refractivity contribution >= 4 is 21.9 Å². The molecule has 0 saturated carbocycles. The summed E-state index contributed by atoms with van der Waals surface area (Å²) in [6.45, 7) is -0.292. The molecule has 0 aliphatic heterocycles. The summed E-state index contributed by atoms with van der Waals surface area (Å²) in [6, 6.07) is 13.3. The first kappa shape index (κ1) is 8.63. The molecule has 102 valence electrons. The highest BCUT2D eigenvalue weighted by Crippen LogP contribution is 2.35. The number of pyridine rings is 1. The first-order valence-electron chi connectivity index (χ1n) is 8.74. The maximum Gasteiger partial charge on any atom is 0.144 e. The van der Waals surface area contributed by atoms with Crippen molar-refractivity contribution in [2.24, 2.45) is 0 Å². The number of para-hydroxylation sites is 1. The zero-order valence-electron chi connectivity index (χ0n) is 15.5. The molecule has 0 N–H and O–H groups in total. The Morgan fingerprint density at radius 1 is 1.05 bits per heavy atom. The molecule has 2 nitrogen and oxygen atoms in total. The molecule has 0 fully saturated rings. The van der Waals surface area contributed by atoms with Gasteiger partial charge < -0.3 is 4.42 Å². The van der Waals surface area contributed by atoms with E-state index in [1.165, 1.54) is 6.20 Å². The second-order valence-corrected chi connectivity index (χ2v) is 5.10. The van der Waals surface area contributed by atoms with Crippen LogP contribution in [-0.2, 0) is 0 Å². The van der Waals surface area contributed by atoms with Crippen LogP contribution in [-0.4, -0.2) is 4.98 Å². The Kier molecular flexibility index (Phi) is 1.83. The van der Waals surface area contributed by atoms with Crippen molar-refractivity contribution < 1.29 is 9.90 Å². The molecule has 0 unspecified atom stereocenters. The summed E-state index contributed by atoms with van der Waals surface area (Å²) < 4.78 is 36.6. The lowest BCUT2D eigenvalue weighted by atomic mass is 10.1. The number of furan rings is 1. The van der Waals surface area contributed by atoms with Gasteiger partial charge in [-0.05, 0) is 43.1 Å². The molecule has 2 aromatic carbocycles. The van der Waals surface area contributed by atoms with Crippen LogP contribution in [0.25, 0.3) is 33.2 Å². The molecular formula is C19H15NO. The maximum atomic E-state index is 8.22. The van der Waals surface area contributed by atoms with Crippen LogP contribution in [0, 0.1) is 13.8 Å². The molecule has 0 aliphatic carbocycles. The summed E-state index contributed by atoms with van der Waals surface area (Å²) in [4.78, 5) is 4.31. The van der Waals surface area contributed by atoms with E-state index in [0.717, 1.165) is 21.9 Å². The van der Waals surface area contributed by atoms with Crippen LogP contribution in [0.1, 0.15) is 16.6 Å². The summed E-state index contributed by atoms with van der Waals surface area (Å²) in [5.41, 5.74) is 3.70. The third kappa shape index (κ3) is 1.91. The minimum absolute atomic E-state index is 0.206. The fourth-order valence-corrected chi connectivity index (χ4v) is 2.58. The minimum Gasteiger partial charge on any atom is -0.455 e. The van der Waals surface area contributed by atoms with Gasteiger partial charge in [-0.2, -0.15) is 0 Å². The van der Waals surface area contributed by atoms with Crippen LogP contribution < -0.4 is 0 Å². The van der Waals surface area contributed by atoms with Gasteiger partial charge in [0.15, 0.2) is 0 Å². The SMILES string of the molecule is [2H]c1c(C)ccc2c1oc1c(-c3ccc(C([2H])([2H])[2H])cn3)cccc12. The van der Waals surface area contributed by atoms with Crippen LogP contribution in [0.4, 0.5) is 0 Å². The van der Waals surface area contributed by atoms with E-state index in [0.29, 0.717) is 22.9 Å². The molecule has 0 bridgehead atoms. The van der Waals surface area contributed by atoms with E-state index in [1.807, 2.05) is 37.3 Å². The third-order valence-electron chi connectivity index (χ3n) is 3.60. The molecule has 0 radical (unpaired) electrons. The van der Waals surface area contributed by atoms with Gasteiger partial charge in [0.2, 0.25) is 0 Å².